The zero-order valence-corrected chi connectivity index (χ0v) is 20.9. The number of nitrogens with two attached hydrogens (primary N) is 1. The number of aromatic nitrogens is 6. The summed E-state index contributed by atoms with van der Waals surface area (Å²) in [5, 5.41) is 13.8. The molecule has 6 rings (SSSR count). The van der Waals surface area contributed by atoms with Gasteiger partial charge in [-0.2, -0.15) is 9.61 Å². The molecule has 3 atom stereocenters. The maximum atomic E-state index is 12.9. The number of nitrogens with zero attached hydrogens (tertiary/aromatic N) is 6. The summed E-state index contributed by atoms with van der Waals surface area (Å²) in [6.07, 6.45) is 10.5. The molecule has 2 aliphatic rings. The van der Waals surface area contributed by atoms with E-state index in [1.807, 2.05) is 12.1 Å². The first kappa shape index (κ1) is 23.6. The van der Waals surface area contributed by atoms with Crippen LogP contribution in [0.25, 0.3) is 28.3 Å². The molecule has 0 aromatic carbocycles. The fraction of sp³-hybridized carbons (Fsp3) is 0.375. The number of aliphatic hydroxyl groups excluding tert-OH is 1. The van der Waals surface area contributed by atoms with Gasteiger partial charge in [-0.25, -0.2) is 18.4 Å². The SMILES string of the molecule is CS(=O)(=O)c1c([C@@H]2C[C@H]3CC[C@@H](C2)N3C(=O)CO)nc2c(-c3ccc(-c4ncc[nH]4)nc3)cnn2c1N. The van der Waals surface area contributed by atoms with Crippen LogP contribution in [0, 0.1) is 0 Å². The summed E-state index contributed by atoms with van der Waals surface area (Å²) in [5.74, 6) is 0.157. The third-order valence-corrected chi connectivity index (χ3v) is 8.55. The maximum Gasteiger partial charge on any atom is 0.248 e. The van der Waals surface area contributed by atoms with Gasteiger partial charge in [0.05, 0.1) is 11.9 Å². The standard InChI is InChI=1S/C24H26N8O4S/c1-37(35,36)21-20(14-8-15-3-4-16(9-14)31(15)19(34)12-33)30-24-17(11-29-32(24)22(21)25)13-2-5-18(28-10-13)23-26-6-7-27-23/h2,5-7,10-11,14-16,33H,3-4,8-9,12,25H2,1H3,(H,26,27)/t14-,15-,16+. The Labute approximate surface area is 212 Å². The van der Waals surface area contributed by atoms with Crippen molar-refractivity contribution in [2.45, 2.75) is 48.6 Å². The first-order chi connectivity index (χ1) is 17.8. The summed E-state index contributed by atoms with van der Waals surface area (Å²) in [6.45, 7) is -0.532. The largest absolute Gasteiger partial charge is 0.387 e. The number of imidazole rings is 1. The summed E-state index contributed by atoms with van der Waals surface area (Å²) in [5.41, 5.74) is 9.37. The number of pyridine rings is 1. The van der Waals surface area contributed by atoms with Crippen molar-refractivity contribution in [3.05, 3.63) is 42.6 Å². The van der Waals surface area contributed by atoms with Crippen LogP contribution in [-0.4, -0.2) is 78.8 Å². The smallest absolute Gasteiger partial charge is 0.248 e. The number of hydrogen-bond acceptors (Lipinski definition) is 9. The Hall–Kier alpha value is -3.84. The third kappa shape index (κ3) is 3.85. The number of fused-ring (bicyclic) bond motifs is 3. The van der Waals surface area contributed by atoms with Crippen LogP contribution in [0.2, 0.25) is 0 Å². The third-order valence-electron chi connectivity index (χ3n) is 7.39. The molecule has 2 saturated heterocycles. The molecule has 4 aromatic rings. The van der Waals surface area contributed by atoms with E-state index in [0.29, 0.717) is 41.3 Å². The molecule has 192 valence electrons. The second-order valence-electron chi connectivity index (χ2n) is 9.66. The lowest BCUT2D eigenvalue weighted by Crippen LogP contribution is -2.47. The monoisotopic (exact) mass is 522 g/mol. The van der Waals surface area contributed by atoms with Gasteiger partial charge < -0.3 is 20.7 Å². The number of amides is 1. The summed E-state index contributed by atoms with van der Waals surface area (Å²) in [6, 6.07) is 3.57. The number of aromatic amines is 1. The van der Waals surface area contributed by atoms with Crippen LogP contribution in [0.4, 0.5) is 5.82 Å². The molecule has 0 spiro atoms. The fourth-order valence-electron chi connectivity index (χ4n) is 5.87. The van der Waals surface area contributed by atoms with Crippen LogP contribution < -0.4 is 5.73 Å². The molecule has 2 bridgehead atoms. The molecule has 0 aliphatic carbocycles. The lowest BCUT2D eigenvalue weighted by Gasteiger charge is -2.39. The van der Waals surface area contributed by atoms with Gasteiger partial charge in [0, 0.05) is 54.0 Å². The molecule has 12 nitrogen and oxygen atoms in total. The van der Waals surface area contributed by atoms with Crippen LogP contribution in [0.5, 0.6) is 0 Å². The van der Waals surface area contributed by atoms with E-state index >= 15 is 0 Å². The van der Waals surface area contributed by atoms with Crippen LogP contribution in [-0.2, 0) is 14.6 Å². The Morgan fingerprint density at radius 3 is 2.54 bits per heavy atom. The van der Waals surface area contributed by atoms with E-state index < -0.39 is 16.4 Å². The lowest BCUT2D eigenvalue weighted by atomic mass is 9.87. The van der Waals surface area contributed by atoms with Crippen LogP contribution in [0.1, 0.15) is 37.3 Å². The quantitative estimate of drug-likeness (QED) is 0.350. The van der Waals surface area contributed by atoms with Gasteiger partial charge in [-0.15, -0.1) is 0 Å². The highest BCUT2D eigenvalue weighted by molar-refractivity contribution is 7.91. The van der Waals surface area contributed by atoms with Gasteiger partial charge in [0.1, 0.15) is 23.0 Å². The number of rotatable bonds is 5. The molecule has 13 heteroatoms. The highest BCUT2D eigenvalue weighted by Gasteiger charge is 2.45. The average Bonchev–Trinajstić information content (AvgIpc) is 3.61. The molecule has 0 unspecified atom stereocenters. The normalized spacial score (nSPS) is 21.6. The number of anilines is 1. The number of aliphatic hydroxyl groups is 1. The molecule has 0 saturated carbocycles. The number of sulfone groups is 1. The van der Waals surface area contributed by atoms with Crippen molar-refractivity contribution in [2.75, 3.05) is 18.6 Å². The van der Waals surface area contributed by atoms with Gasteiger partial charge in [0.25, 0.3) is 0 Å². The minimum atomic E-state index is -3.73. The molecule has 4 aromatic heterocycles. The highest BCUT2D eigenvalue weighted by atomic mass is 32.2. The number of carbonyl (C=O) groups is 1. The van der Waals surface area contributed by atoms with E-state index in [1.54, 1.807) is 29.7 Å². The van der Waals surface area contributed by atoms with Crippen LogP contribution >= 0.6 is 0 Å². The topological polar surface area (TPSA) is 172 Å². The molecule has 2 aliphatic heterocycles. The molecular weight excluding hydrogens is 496 g/mol. The highest BCUT2D eigenvalue weighted by Crippen LogP contribution is 2.45. The van der Waals surface area contributed by atoms with E-state index in [0.717, 1.165) is 24.7 Å². The second-order valence-corrected chi connectivity index (χ2v) is 11.6. The number of piperidine rings is 1. The first-order valence-electron chi connectivity index (χ1n) is 12.0. The van der Waals surface area contributed by atoms with Gasteiger partial charge in [0.2, 0.25) is 5.91 Å². The Bertz CT molecular complexity index is 1580. The van der Waals surface area contributed by atoms with Crippen molar-refractivity contribution in [3.8, 4) is 22.6 Å². The second kappa shape index (κ2) is 8.63. The molecule has 4 N–H and O–H groups in total. The van der Waals surface area contributed by atoms with Crippen molar-refractivity contribution in [3.63, 3.8) is 0 Å². The van der Waals surface area contributed by atoms with Crippen molar-refractivity contribution in [1.82, 2.24) is 34.4 Å². The number of carbonyl (C=O) groups excluding carboxylic acids is 1. The minimum Gasteiger partial charge on any atom is -0.387 e. The van der Waals surface area contributed by atoms with E-state index in [-0.39, 0.29) is 34.6 Å². The predicted octanol–water partition coefficient (Wildman–Crippen LogP) is 1.40. The van der Waals surface area contributed by atoms with Gasteiger partial charge in [-0.3, -0.25) is 9.78 Å². The van der Waals surface area contributed by atoms with E-state index in [9.17, 15) is 18.3 Å². The fourth-order valence-corrected chi connectivity index (χ4v) is 6.92. The van der Waals surface area contributed by atoms with Gasteiger partial charge in [-0.1, -0.05) is 6.07 Å². The van der Waals surface area contributed by atoms with Crippen molar-refractivity contribution in [1.29, 1.82) is 0 Å². The Balaban J connectivity index is 1.45. The summed E-state index contributed by atoms with van der Waals surface area (Å²) < 4.78 is 27.2. The Kier molecular flexibility index (Phi) is 5.49. The molecule has 37 heavy (non-hydrogen) atoms. The summed E-state index contributed by atoms with van der Waals surface area (Å²) >= 11 is 0. The van der Waals surface area contributed by atoms with Gasteiger partial charge in [-0.05, 0) is 31.7 Å². The molecule has 6 heterocycles. The number of H-pyrrole nitrogens is 1. The lowest BCUT2D eigenvalue weighted by molar-refractivity contribution is -0.138. The number of nitrogens with one attached hydrogen (secondary N) is 1. The van der Waals surface area contributed by atoms with Gasteiger partial charge in [0.15, 0.2) is 21.3 Å². The summed E-state index contributed by atoms with van der Waals surface area (Å²) in [7, 11) is -3.73. The van der Waals surface area contributed by atoms with E-state index in [1.165, 1.54) is 4.52 Å². The zero-order valence-electron chi connectivity index (χ0n) is 20.1. The molecule has 0 radical (unpaired) electrons. The van der Waals surface area contributed by atoms with Crippen molar-refractivity contribution in [2.24, 2.45) is 0 Å². The van der Waals surface area contributed by atoms with Gasteiger partial charge >= 0.3 is 0 Å². The van der Waals surface area contributed by atoms with Crippen LogP contribution in [0.3, 0.4) is 0 Å². The summed E-state index contributed by atoms with van der Waals surface area (Å²) in [4.78, 5) is 30.6. The molecule has 2 fully saturated rings. The Morgan fingerprint density at radius 1 is 1.19 bits per heavy atom. The molecule has 1 amide bonds. The van der Waals surface area contributed by atoms with Crippen molar-refractivity contribution < 1.29 is 18.3 Å². The maximum absolute atomic E-state index is 12.9. The van der Waals surface area contributed by atoms with Crippen LogP contribution in [0.15, 0.2) is 41.8 Å². The first-order valence-corrected chi connectivity index (χ1v) is 13.9. The van der Waals surface area contributed by atoms with E-state index in [2.05, 4.69) is 20.1 Å². The minimum absolute atomic E-state index is 0.00938. The number of nitrogen functional groups attached to an aromatic ring is 1. The van der Waals surface area contributed by atoms with E-state index in [4.69, 9.17) is 10.7 Å². The van der Waals surface area contributed by atoms with Crippen molar-refractivity contribution >= 4 is 27.2 Å². The predicted molar refractivity (Wildman–Crippen MR) is 134 cm³/mol. The number of hydrogen-bond donors (Lipinski definition) is 3. The Morgan fingerprint density at radius 2 is 1.95 bits per heavy atom. The molecular formula is C24H26N8O4S. The zero-order chi connectivity index (χ0) is 25.9. The average molecular weight is 523 g/mol.